The van der Waals surface area contributed by atoms with E-state index in [0.717, 1.165) is 17.7 Å². The third-order valence-electron chi connectivity index (χ3n) is 4.21. The van der Waals surface area contributed by atoms with Crippen molar-refractivity contribution in [3.05, 3.63) is 63.1 Å². The van der Waals surface area contributed by atoms with Crippen molar-refractivity contribution in [3.8, 4) is 0 Å². The standard InChI is InChI=1S/C18H17Cl2NO/c1-10-3-4-15(5-11(10)2)21-18(22)17-9-16(17)12-6-13(19)8-14(20)7-12/h3-8,16-17H,9H2,1-2H3,(H,21,22)/t16-,17+/m0/s1. The van der Waals surface area contributed by atoms with E-state index >= 15 is 0 Å². The highest BCUT2D eigenvalue weighted by atomic mass is 35.5. The first-order valence-corrected chi connectivity index (χ1v) is 8.04. The Balaban J connectivity index is 1.68. The van der Waals surface area contributed by atoms with Gasteiger partial charge in [0.25, 0.3) is 0 Å². The maximum Gasteiger partial charge on any atom is 0.228 e. The molecule has 4 heteroatoms. The summed E-state index contributed by atoms with van der Waals surface area (Å²) in [5.41, 5.74) is 4.28. The van der Waals surface area contributed by atoms with Crippen LogP contribution in [0.5, 0.6) is 0 Å². The molecule has 2 aromatic rings. The van der Waals surface area contributed by atoms with Crippen molar-refractivity contribution in [2.75, 3.05) is 5.32 Å². The maximum atomic E-state index is 12.3. The molecule has 0 unspecified atom stereocenters. The van der Waals surface area contributed by atoms with Crippen molar-refractivity contribution in [1.82, 2.24) is 0 Å². The first-order valence-electron chi connectivity index (χ1n) is 7.28. The van der Waals surface area contributed by atoms with E-state index in [4.69, 9.17) is 23.2 Å². The molecule has 1 amide bonds. The van der Waals surface area contributed by atoms with E-state index in [0.29, 0.717) is 10.0 Å². The second kappa shape index (κ2) is 5.94. The van der Waals surface area contributed by atoms with Gasteiger partial charge in [0.05, 0.1) is 0 Å². The zero-order valence-corrected chi connectivity index (χ0v) is 14.0. The molecular formula is C18H17Cl2NO. The summed E-state index contributed by atoms with van der Waals surface area (Å²) in [4.78, 5) is 12.3. The van der Waals surface area contributed by atoms with Crippen molar-refractivity contribution in [2.45, 2.75) is 26.2 Å². The molecule has 2 nitrogen and oxygen atoms in total. The van der Waals surface area contributed by atoms with Crippen molar-refractivity contribution in [3.63, 3.8) is 0 Å². The average molecular weight is 334 g/mol. The number of hydrogen-bond donors (Lipinski definition) is 1. The molecule has 0 heterocycles. The van der Waals surface area contributed by atoms with Crippen LogP contribution in [0, 0.1) is 19.8 Å². The monoisotopic (exact) mass is 333 g/mol. The minimum absolute atomic E-state index is 0.00357. The van der Waals surface area contributed by atoms with Crippen LogP contribution >= 0.6 is 23.2 Å². The van der Waals surface area contributed by atoms with E-state index in [1.54, 1.807) is 6.07 Å². The summed E-state index contributed by atoms with van der Waals surface area (Å²) < 4.78 is 0. The molecule has 0 aliphatic heterocycles. The molecule has 1 saturated carbocycles. The minimum atomic E-state index is -0.00357. The number of benzene rings is 2. The molecule has 3 rings (SSSR count). The Bertz CT molecular complexity index is 722. The van der Waals surface area contributed by atoms with Gasteiger partial charge in [-0.1, -0.05) is 29.3 Å². The number of carbonyl (C=O) groups excluding carboxylic acids is 1. The Kier molecular flexibility index (Phi) is 4.16. The minimum Gasteiger partial charge on any atom is -0.326 e. The number of carbonyl (C=O) groups is 1. The summed E-state index contributed by atoms with van der Waals surface area (Å²) in [6, 6.07) is 11.4. The Morgan fingerprint density at radius 1 is 1.05 bits per heavy atom. The van der Waals surface area contributed by atoms with Gasteiger partial charge in [0.1, 0.15) is 0 Å². The zero-order chi connectivity index (χ0) is 15.9. The number of nitrogens with one attached hydrogen (secondary N) is 1. The molecule has 22 heavy (non-hydrogen) atoms. The Labute approximate surface area is 140 Å². The van der Waals surface area contributed by atoms with Gasteiger partial charge in [0.15, 0.2) is 0 Å². The van der Waals surface area contributed by atoms with E-state index in [1.807, 2.05) is 37.3 Å². The summed E-state index contributed by atoms with van der Waals surface area (Å²) in [6.07, 6.45) is 0.841. The van der Waals surface area contributed by atoms with Gasteiger partial charge in [0, 0.05) is 21.7 Å². The first kappa shape index (κ1) is 15.4. The third kappa shape index (κ3) is 3.29. The van der Waals surface area contributed by atoms with Crippen LogP contribution < -0.4 is 5.32 Å². The lowest BCUT2D eigenvalue weighted by atomic mass is 10.1. The SMILES string of the molecule is Cc1ccc(NC(=O)[C@@H]2C[C@H]2c2cc(Cl)cc(Cl)c2)cc1C. The van der Waals surface area contributed by atoms with E-state index < -0.39 is 0 Å². The highest BCUT2D eigenvalue weighted by molar-refractivity contribution is 6.34. The lowest BCUT2D eigenvalue weighted by Crippen LogP contribution is -2.14. The molecule has 2 atom stereocenters. The van der Waals surface area contributed by atoms with Crippen molar-refractivity contribution >= 4 is 34.8 Å². The fourth-order valence-electron chi connectivity index (χ4n) is 2.70. The van der Waals surface area contributed by atoms with Crippen LogP contribution in [-0.2, 0) is 4.79 Å². The van der Waals surface area contributed by atoms with Crippen molar-refractivity contribution < 1.29 is 4.79 Å². The Morgan fingerprint density at radius 2 is 1.73 bits per heavy atom. The fourth-order valence-corrected chi connectivity index (χ4v) is 3.24. The molecule has 0 bridgehead atoms. The summed E-state index contributed by atoms with van der Waals surface area (Å²) in [7, 11) is 0. The van der Waals surface area contributed by atoms with Gasteiger partial charge < -0.3 is 5.32 Å². The van der Waals surface area contributed by atoms with E-state index in [2.05, 4.69) is 12.2 Å². The Morgan fingerprint density at radius 3 is 2.36 bits per heavy atom. The van der Waals surface area contributed by atoms with Crippen molar-refractivity contribution in [1.29, 1.82) is 0 Å². The molecule has 0 aromatic heterocycles. The van der Waals surface area contributed by atoms with E-state index in [9.17, 15) is 4.79 Å². The highest BCUT2D eigenvalue weighted by Gasteiger charge is 2.44. The first-order chi connectivity index (χ1) is 10.4. The zero-order valence-electron chi connectivity index (χ0n) is 12.5. The largest absolute Gasteiger partial charge is 0.326 e. The smallest absolute Gasteiger partial charge is 0.228 e. The normalized spacial score (nSPS) is 19.8. The number of hydrogen-bond acceptors (Lipinski definition) is 1. The molecule has 1 fully saturated rings. The third-order valence-corrected chi connectivity index (χ3v) is 4.65. The second-order valence-corrected chi connectivity index (χ2v) is 6.81. The van der Waals surface area contributed by atoms with Crippen molar-refractivity contribution in [2.24, 2.45) is 5.92 Å². The predicted octanol–water partition coefficient (Wildman–Crippen LogP) is 5.35. The number of amides is 1. The topological polar surface area (TPSA) is 29.1 Å². The number of aryl methyl sites for hydroxylation is 2. The van der Waals surface area contributed by atoms with Crippen LogP contribution in [0.1, 0.15) is 29.0 Å². The average Bonchev–Trinajstić information content (AvgIpc) is 3.22. The van der Waals surface area contributed by atoms with Crippen LogP contribution in [0.25, 0.3) is 0 Å². The quantitative estimate of drug-likeness (QED) is 0.805. The molecule has 114 valence electrons. The van der Waals surface area contributed by atoms with Crippen LogP contribution in [0.3, 0.4) is 0 Å². The van der Waals surface area contributed by atoms with Gasteiger partial charge in [-0.3, -0.25) is 4.79 Å². The maximum absolute atomic E-state index is 12.3. The summed E-state index contributed by atoms with van der Waals surface area (Å²) in [5.74, 6) is 0.267. The molecule has 1 aliphatic carbocycles. The Hall–Kier alpha value is -1.51. The van der Waals surface area contributed by atoms with E-state index in [1.165, 1.54) is 11.1 Å². The van der Waals surface area contributed by atoms with Gasteiger partial charge in [0.2, 0.25) is 5.91 Å². The summed E-state index contributed by atoms with van der Waals surface area (Å²) >= 11 is 12.1. The molecule has 0 saturated heterocycles. The van der Waals surface area contributed by atoms with Crippen LogP contribution in [0.2, 0.25) is 10.0 Å². The van der Waals surface area contributed by atoms with Crippen LogP contribution in [-0.4, -0.2) is 5.91 Å². The predicted molar refractivity (Wildman–Crippen MR) is 91.9 cm³/mol. The number of anilines is 1. The lowest BCUT2D eigenvalue weighted by Gasteiger charge is -2.08. The molecule has 0 radical (unpaired) electrons. The molecule has 1 aliphatic rings. The van der Waals surface area contributed by atoms with Gasteiger partial charge in [-0.05, 0) is 73.2 Å². The fraction of sp³-hybridized carbons (Fsp3) is 0.278. The highest BCUT2D eigenvalue weighted by Crippen LogP contribution is 2.49. The van der Waals surface area contributed by atoms with Crippen LogP contribution in [0.15, 0.2) is 36.4 Å². The number of rotatable bonds is 3. The van der Waals surface area contributed by atoms with Gasteiger partial charge in [-0.2, -0.15) is 0 Å². The molecule has 1 N–H and O–H groups in total. The molecular weight excluding hydrogens is 317 g/mol. The van der Waals surface area contributed by atoms with Gasteiger partial charge in [-0.15, -0.1) is 0 Å². The summed E-state index contributed by atoms with van der Waals surface area (Å²) in [5, 5.41) is 4.22. The van der Waals surface area contributed by atoms with Gasteiger partial charge in [-0.25, -0.2) is 0 Å². The second-order valence-electron chi connectivity index (χ2n) is 5.94. The lowest BCUT2D eigenvalue weighted by molar-refractivity contribution is -0.117. The van der Waals surface area contributed by atoms with E-state index in [-0.39, 0.29) is 17.7 Å². The number of halogens is 2. The summed E-state index contributed by atoms with van der Waals surface area (Å²) in [6.45, 7) is 4.10. The molecule has 2 aromatic carbocycles. The molecule has 0 spiro atoms. The van der Waals surface area contributed by atoms with Crippen LogP contribution in [0.4, 0.5) is 5.69 Å². The van der Waals surface area contributed by atoms with Gasteiger partial charge >= 0.3 is 0 Å².